The molecular formula is C17H22F3N3. The van der Waals surface area contributed by atoms with Crippen molar-refractivity contribution in [2.45, 2.75) is 38.5 Å². The Morgan fingerprint density at radius 1 is 1.30 bits per heavy atom. The Bertz CT molecular complexity index is 690. The number of nitrogens with zero attached hydrogens (tertiary/aromatic N) is 2. The monoisotopic (exact) mass is 325 g/mol. The number of halogens is 3. The van der Waals surface area contributed by atoms with Gasteiger partial charge >= 0.3 is 6.18 Å². The maximum Gasteiger partial charge on any atom is 0.406 e. The molecule has 1 atom stereocenters. The second kappa shape index (κ2) is 6.07. The van der Waals surface area contributed by atoms with Crippen molar-refractivity contribution in [3.8, 4) is 0 Å². The molecule has 126 valence electrons. The number of aromatic nitrogens is 1. The molecule has 1 aliphatic heterocycles. The van der Waals surface area contributed by atoms with E-state index in [1.807, 2.05) is 18.2 Å². The van der Waals surface area contributed by atoms with Crippen LogP contribution in [0.5, 0.6) is 0 Å². The zero-order valence-corrected chi connectivity index (χ0v) is 13.5. The SMILES string of the molecule is Cc1cc2c(NC3CCCN(C)C3)cccc2n1CC(F)(F)F. The van der Waals surface area contributed by atoms with Crippen LogP contribution in [0.3, 0.4) is 0 Å². The minimum absolute atomic E-state index is 0.339. The van der Waals surface area contributed by atoms with Gasteiger partial charge in [0.25, 0.3) is 0 Å². The van der Waals surface area contributed by atoms with E-state index in [-0.39, 0.29) is 0 Å². The average molecular weight is 325 g/mol. The van der Waals surface area contributed by atoms with E-state index in [2.05, 4.69) is 17.3 Å². The Kier molecular flexibility index (Phi) is 4.27. The molecule has 23 heavy (non-hydrogen) atoms. The summed E-state index contributed by atoms with van der Waals surface area (Å²) < 4.78 is 39.7. The zero-order valence-electron chi connectivity index (χ0n) is 13.5. The molecule has 1 saturated heterocycles. The van der Waals surface area contributed by atoms with Crippen molar-refractivity contribution in [1.82, 2.24) is 9.47 Å². The van der Waals surface area contributed by atoms with E-state index in [0.717, 1.165) is 37.0 Å². The number of rotatable bonds is 3. The number of aryl methyl sites for hydroxylation is 1. The molecule has 1 fully saturated rings. The average Bonchev–Trinajstić information content (AvgIpc) is 2.75. The van der Waals surface area contributed by atoms with Crippen molar-refractivity contribution in [3.63, 3.8) is 0 Å². The molecular weight excluding hydrogens is 303 g/mol. The number of piperidine rings is 1. The van der Waals surface area contributed by atoms with Crippen LogP contribution < -0.4 is 5.32 Å². The third-order valence-electron chi connectivity index (χ3n) is 4.47. The van der Waals surface area contributed by atoms with Crippen molar-refractivity contribution in [3.05, 3.63) is 30.0 Å². The van der Waals surface area contributed by atoms with Crippen LogP contribution >= 0.6 is 0 Å². The Labute approximate surface area is 134 Å². The number of alkyl halides is 3. The first-order chi connectivity index (χ1) is 10.8. The summed E-state index contributed by atoms with van der Waals surface area (Å²) in [4.78, 5) is 2.28. The zero-order chi connectivity index (χ0) is 16.6. The summed E-state index contributed by atoms with van der Waals surface area (Å²) in [5, 5.41) is 4.38. The van der Waals surface area contributed by atoms with Crippen LogP contribution in [0.1, 0.15) is 18.5 Å². The molecule has 1 unspecified atom stereocenters. The van der Waals surface area contributed by atoms with E-state index < -0.39 is 12.7 Å². The number of nitrogens with one attached hydrogen (secondary N) is 1. The first-order valence-electron chi connectivity index (χ1n) is 7.94. The molecule has 3 rings (SSSR count). The van der Waals surface area contributed by atoms with E-state index in [1.165, 1.54) is 4.57 Å². The fourth-order valence-corrected chi connectivity index (χ4v) is 3.44. The summed E-state index contributed by atoms with van der Waals surface area (Å²) in [5.74, 6) is 0. The third kappa shape index (κ3) is 3.63. The molecule has 0 bridgehead atoms. The first kappa shape index (κ1) is 16.2. The van der Waals surface area contributed by atoms with Crippen molar-refractivity contribution >= 4 is 16.6 Å². The highest BCUT2D eigenvalue weighted by Gasteiger charge is 2.29. The molecule has 3 nitrogen and oxygen atoms in total. The van der Waals surface area contributed by atoms with Gasteiger partial charge in [0.1, 0.15) is 6.54 Å². The number of anilines is 1. The number of hydrogen-bond donors (Lipinski definition) is 1. The predicted octanol–water partition coefficient (Wildman–Crippen LogP) is 4.02. The van der Waals surface area contributed by atoms with Gasteiger partial charge in [0.05, 0.1) is 5.52 Å². The fraction of sp³-hybridized carbons (Fsp3) is 0.529. The Balaban J connectivity index is 1.91. The maximum absolute atomic E-state index is 12.8. The van der Waals surface area contributed by atoms with E-state index in [4.69, 9.17) is 0 Å². The number of likely N-dealkylation sites (N-methyl/N-ethyl adjacent to an activating group) is 1. The number of likely N-dealkylation sites (tertiary alicyclic amines) is 1. The number of benzene rings is 1. The molecule has 6 heteroatoms. The molecule has 0 saturated carbocycles. The van der Waals surface area contributed by atoms with E-state index >= 15 is 0 Å². The smallest absolute Gasteiger partial charge is 0.380 e. The van der Waals surface area contributed by atoms with Crippen LogP contribution in [0.15, 0.2) is 24.3 Å². The quantitative estimate of drug-likeness (QED) is 0.920. The molecule has 1 N–H and O–H groups in total. The first-order valence-corrected chi connectivity index (χ1v) is 7.94. The highest BCUT2D eigenvalue weighted by Crippen LogP contribution is 2.30. The van der Waals surface area contributed by atoms with Gasteiger partial charge in [-0.2, -0.15) is 13.2 Å². The summed E-state index contributed by atoms with van der Waals surface area (Å²) in [6.45, 7) is 2.84. The summed E-state index contributed by atoms with van der Waals surface area (Å²) in [6.07, 6.45) is -1.99. The van der Waals surface area contributed by atoms with Crippen LogP contribution in [-0.2, 0) is 6.54 Å². The minimum atomic E-state index is -4.22. The van der Waals surface area contributed by atoms with Crippen LogP contribution in [0.2, 0.25) is 0 Å². The molecule has 1 aliphatic rings. The fourth-order valence-electron chi connectivity index (χ4n) is 3.44. The molecule has 0 radical (unpaired) electrons. The van der Waals surface area contributed by atoms with E-state index in [1.54, 1.807) is 13.0 Å². The molecule has 1 aromatic carbocycles. The predicted molar refractivity (Wildman–Crippen MR) is 86.9 cm³/mol. The maximum atomic E-state index is 12.8. The van der Waals surface area contributed by atoms with Gasteiger partial charge in [0, 0.05) is 29.4 Å². The number of hydrogen-bond acceptors (Lipinski definition) is 2. The highest BCUT2D eigenvalue weighted by atomic mass is 19.4. The van der Waals surface area contributed by atoms with Crippen molar-refractivity contribution in [1.29, 1.82) is 0 Å². The Morgan fingerprint density at radius 3 is 2.78 bits per heavy atom. The lowest BCUT2D eigenvalue weighted by atomic mass is 10.1. The molecule has 2 aromatic rings. The van der Waals surface area contributed by atoms with E-state index in [9.17, 15) is 13.2 Å². The van der Waals surface area contributed by atoms with Gasteiger partial charge in [-0.15, -0.1) is 0 Å². The van der Waals surface area contributed by atoms with E-state index in [0.29, 0.717) is 17.3 Å². The van der Waals surface area contributed by atoms with Gasteiger partial charge in [-0.25, -0.2) is 0 Å². The van der Waals surface area contributed by atoms with Crippen LogP contribution in [-0.4, -0.2) is 41.8 Å². The second-order valence-corrected chi connectivity index (χ2v) is 6.47. The van der Waals surface area contributed by atoms with Gasteiger partial charge in [-0.1, -0.05) is 6.07 Å². The molecule has 0 amide bonds. The summed E-state index contributed by atoms with van der Waals surface area (Å²) in [5.41, 5.74) is 2.19. The van der Waals surface area contributed by atoms with Gasteiger partial charge in [-0.05, 0) is 51.6 Å². The van der Waals surface area contributed by atoms with Crippen molar-refractivity contribution in [2.24, 2.45) is 0 Å². The van der Waals surface area contributed by atoms with Crippen molar-refractivity contribution in [2.75, 3.05) is 25.5 Å². The lowest BCUT2D eigenvalue weighted by molar-refractivity contribution is -0.140. The topological polar surface area (TPSA) is 20.2 Å². The number of fused-ring (bicyclic) bond motifs is 1. The largest absolute Gasteiger partial charge is 0.406 e. The molecule has 2 heterocycles. The second-order valence-electron chi connectivity index (χ2n) is 6.47. The highest BCUT2D eigenvalue weighted by molar-refractivity contribution is 5.93. The standard InChI is InChI=1S/C17H22F3N3/c1-12-9-14-15(21-13-5-4-8-22(2)10-13)6-3-7-16(14)23(12)11-17(18,19)20/h3,6-7,9,13,21H,4-5,8,10-11H2,1-2H3. The normalized spacial score (nSPS) is 20.1. The lowest BCUT2D eigenvalue weighted by Crippen LogP contribution is -2.39. The summed E-state index contributed by atoms with van der Waals surface area (Å²) in [7, 11) is 2.10. The third-order valence-corrected chi connectivity index (χ3v) is 4.47. The molecule has 0 aliphatic carbocycles. The Hall–Kier alpha value is -1.69. The van der Waals surface area contributed by atoms with Gasteiger partial charge in [0.15, 0.2) is 0 Å². The molecule has 0 spiro atoms. The van der Waals surface area contributed by atoms with Gasteiger partial charge in [-0.3, -0.25) is 0 Å². The minimum Gasteiger partial charge on any atom is -0.380 e. The summed E-state index contributed by atoms with van der Waals surface area (Å²) in [6, 6.07) is 7.71. The van der Waals surface area contributed by atoms with Crippen LogP contribution in [0.4, 0.5) is 18.9 Å². The summed E-state index contributed by atoms with van der Waals surface area (Å²) >= 11 is 0. The lowest BCUT2D eigenvalue weighted by Gasteiger charge is -2.31. The van der Waals surface area contributed by atoms with Crippen LogP contribution in [0, 0.1) is 6.92 Å². The van der Waals surface area contributed by atoms with Crippen molar-refractivity contribution < 1.29 is 13.2 Å². The van der Waals surface area contributed by atoms with Gasteiger partial charge in [0.2, 0.25) is 0 Å². The molecule has 1 aromatic heterocycles. The Morgan fingerprint density at radius 2 is 2.09 bits per heavy atom. The van der Waals surface area contributed by atoms with Crippen LogP contribution in [0.25, 0.3) is 10.9 Å². The van der Waals surface area contributed by atoms with Gasteiger partial charge < -0.3 is 14.8 Å².